The average Bonchev–Trinajstić information content (AvgIpc) is 2.80. The Kier molecular flexibility index (Phi) is 4.31. The van der Waals surface area contributed by atoms with Crippen LogP contribution in [0.15, 0.2) is 4.52 Å². The van der Waals surface area contributed by atoms with Crippen LogP contribution in [-0.2, 0) is 16.8 Å². The van der Waals surface area contributed by atoms with E-state index in [9.17, 15) is 0 Å². The molecule has 0 radical (unpaired) electrons. The van der Waals surface area contributed by atoms with Crippen LogP contribution >= 0.6 is 0 Å². The number of aromatic nitrogens is 2. The number of hydrogen-bond acceptors (Lipinski definition) is 5. The molecule has 0 aliphatic heterocycles. The van der Waals surface area contributed by atoms with Crippen LogP contribution in [0, 0.1) is 5.41 Å². The minimum atomic E-state index is -0.340. The molecule has 5 heteroatoms. The first-order chi connectivity index (χ1) is 10.2. The minimum absolute atomic E-state index is 0.202. The van der Waals surface area contributed by atoms with Crippen molar-refractivity contribution in [3.8, 4) is 0 Å². The molecule has 5 nitrogen and oxygen atoms in total. The van der Waals surface area contributed by atoms with Gasteiger partial charge in [0.1, 0.15) is 5.60 Å². The standard InChI is InChI=1S/C16H27N3O2/c1-20-16(9-4-2-3-5-10-16)14-18-13(21-19-14)11-15(12-17)7-6-8-15/h2-12,17H2,1H3. The SMILES string of the molecule is COC1(c2noc(CC3(CN)CCC3)n2)CCCCCC1. The second-order valence-electron chi connectivity index (χ2n) is 6.86. The van der Waals surface area contributed by atoms with E-state index >= 15 is 0 Å². The van der Waals surface area contributed by atoms with E-state index in [0.717, 1.165) is 31.0 Å². The van der Waals surface area contributed by atoms with Crippen molar-refractivity contribution < 1.29 is 9.26 Å². The van der Waals surface area contributed by atoms with Crippen molar-refractivity contribution in [2.24, 2.45) is 11.1 Å². The summed E-state index contributed by atoms with van der Waals surface area (Å²) in [6.45, 7) is 0.708. The first-order valence-electron chi connectivity index (χ1n) is 8.30. The number of ether oxygens (including phenoxy) is 1. The fourth-order valence-electron chi connectivity index (χ4n) is 3.78. The van der Waals surface area contributed by atoms with Gasteiger partial charge in [-0.3, -0.25) is 0 Å². The third kappa shape index (κ3) is 2.86. The molecule has 0 aromatic carbocycles. The maximum Gasteiger partial charge on any atom is 0.227 e. The molecule has 0 saturated heterocycles. The van der Waals surface area contributed by atoms with Gasteiger partial charge in [-0.1, -0.05) is 37.3 Å². The summed E-state index contributed by atoms with van der Waals surface area (Å²) in [5.74, 6) is 1.48. The summed E-state index contributed by atoms with van der Waals surface area (Å²) < 4.78 is 11.4. The largest absolute Gasteiger partial charge is 0.370 e. The zero-order chi connectivity index (χ0) is 14.8. The highest BCUT2D eigenvalue weighted by molar-refractivity contribution is 5.05. The lowest BCUT2D eigenvalue weighted by Crippen LogP contribution is -2.39. The van der Waals surface area contributed by atoms with E-state index in [1.54, 1.807) is 7.11 Å². The van der Waals surface area contributed by atoms with Crippen LogP contribution in [-0.4, -0.2) is 23.8 Å². The molecule has 21 heavy (non-hydrogen) atoms. The fourth-order valence-corrected chi connectivity index (χ4v) is 3.78. The topological polar surface area (TPSA) is 74.2 Å². The summed E-state index contributed by atoms with van der Waals surface area (Å²) in [5, 5.41) is 4.25. The molecule has 118 valence electrons. The molecule has 2 aliphatic rings. The van der Waals surface area contributed by atoms with Crippen LogP contribution in [0.25, 0.3) is 0 Å². The molecule has 3 rings (SSSR count). The van der Waals surface area contributed by atoms with Crippen molar-refractivity contribution in [2.45, 2.75) is 69.8 Å². The summed E-state index contributed by atoms with van der Waals surface area (Å²) >= 11 is 0. The van der Waals surface area contributed by atoms with Gasteiger partial charge in [-0.2, -0.15) is 4.98 Å². The highest BCUT2D eigenvalue weighted by Crippen LogP contribution is 2.43. The monoisotopic (exact) mass is 293 g/mol. The second-order valence-corrected chi connectivity index (χ2v) is 6.86. The Bertz CT molecular complexity index is 454. The van der Waals surface area contributed by atoms with Gasteiger partial charge in [0.25, 0.3) is 0 Å². The van der Waals surface area contributed by atoms with E-state index in [1.165, 1.54) is 44.9 Å². The van der Waals surface area contributed by atoms with E-state index in [2.05, 4.69) is 10.1 Å². The molecule has 0 unspecified atom stereocenters. The van der Waals surface area contributed by atoms with Gasteiger partial charge in [0.05, 0.1) is 0 Å². The highest BCUT2D eigenvalue weighted by atomic mass is 16.5. The van der Waals surface area contributed by atoms with Gasteiger partial charge in [-0.05, 0) is 37.6 Å². The zero-order valence-corrected chi connectivity index (χ0v) is 13.1. The Labute approximate surface area is 126 Å². The van der Waals surface area contributed by atoms with Crippen LogP contribution in [0.4, 0.5) is 0 Å². The van der Waals surface area contributed by atoms with Gasteiger partial charge in [0.2, 0.25) is 11.7 Å². The number of nitrogens with zero attached hydrogens (tertiary/aromatic N) is 2. The summed E-state index contributed by atoms with van der Waals surface area (Å²) in [5.41, 5.74) is 5.79. The molecule has 2 aliphatic carbocycles. The van der Waals surface area contributed by atoms with Gasteiger partial charge >= 0.3 is 0 Å². The van der Waals surface area contributed by atoms with Crippen LogP contribution in [0.2, 0.25) is 0 Å². The molecule has 2 N–H and O–H groups in total. The maximum atomic E-state index is 5.92. The van der Waals surface area contributed by atoms with Crippen LogP contribution in [0.1, 0.15) is 69.5 Å². The quantitative estimate of drug-likeness (QED) is 0.845. The molecule has 0 amide bonds. The van der Waals surface area contributed by atoms with E-state index in [1.807, 2.05) is 0 Å². The van der Waals surface area contributed by atoms with E-state index < -0.39 is 0 Å². The molecule has 1 aromatic heterocycles. The average molecular weight is 293 g/mol. The van der Waals surface area contributed by atoms with Gasteiger partial charge in [-0.25, -0.2) is 0 Å². The third-order valence-electron chi connectivity index (χ3n) is 5.55. The van der Waals surface area contributed by atoms with Crippen molar-refractivity contribution in [3.05, 3.63) is 11.7 Å². The van der Waals surface area contributed by atoms with E-state index in [-0.39, 0.29) is 11.0 Å². The maximum absolute atomic E-state index is 5.92. The molecular formula is C16H27N3O2. The number of hydrogen-bond donors (Lipinski definition) is 1. The molecular weight excluding hydrogens is 266 g/mol. The number of nitrogens with two attached hydrogens (primary N) is 1. The lowest BCUT2D eigenvalue weighted by Gasteiger charge is -2.39. The Balaban J connectivity index is 1.76. The Morgan fingerprint density at radius 3 is 2.33 bits per heavy atom. The molecule has 2 fully saturated rings. The molecule has 0 atom stereocenters. The summed E-state index contributed by atoms with van der Waals surface area (Å²) in [4.78, 5) is 4.68. The van der Waals surface area contributed by atoms with Gasteiger partial charge < -0.3 is 15.0 Å². The normalized spacial score (nSPS) is 24.3. The molecule has 2 saturated carbocycles. The van der Waals surface area contributed by atoms with Gasteiger partial charge in [0, 0.05) is 13.5 Å². The van der Waals surface area contributed by atoms with Gasteiger partial charge in [0.15, 0.2) is 0 Å². The van der Waals surface area contributed by atoms with Crippen molar-refractivity contribution in [3.63, 3.8) is 0 Å². The van der Waals surface area contributed by atoms with Crippen molar-refractivity contribution >= 4 is 0 Å². The first kappa shape index (κ1) is 15.0. The van der Waals surface area contributed by atoms with Crippen LogP contribution in [0.5, 0.6) is 0 Å². The Hall–Kier alpha value is -0.940. The second kappa shape index (κ2) is 6.05. The van der Waals surface area contributed by atoms with Crippen LogP contribution in [0.3, 0.4) is 0 Å². The molecule has 0 bridgehead atoms. The summed E-state index contributed by atoms with van der Waals surface area (Å²) in [6, 6.07) is 0. The minimum Gasteiger partial charge on any atom is -0.370 e. The van der Waals surface area contributed by atoms with Crippen LogP contribution < -0.4 is 5.73 Å². The smallest absolute Gasteiger partial charge is 0.227 e. The third-order valence-corrected chi connectivity index (χ3v) is 5.55. The lowest BCUT2D eigenvalue weighted by molar-refractivity contribution is -0.0365. The number of methoxy groups -OCH3 is 1. The number of rotatable bonds is 5. The van der Waals surface area contributed by atoms with E-state index in [4.69, 9.17) is 15.0 Å². The Morgan fingerprint density at radius 2 is 1.81 bits per heavy atom. The van der Waals surface area contributed by atoms with E-state index in [0.29, 0.717) is 6.54 Å². The summed E-state index contributed by atoms with van der Waals surface area (Å²) in [7, 11) is 1.77. The lowest BCUT2D eigenvalue weighted by atomic mass is 9.67. The van der Waals surface area contributed by atoms with Crippen molar-refractivity contribution in [2.75, 3.05) is 13.7 Å². The first-order valence-corrected chi connectivity index (χ1v) is 8.30. The van der Waals surface area contributed by atoms with Crippen molar-refractivity contribution in [1.29, 1.82) is 0 Å². The predicted molar refractivity (Wildman–Crippen MR) is 79.7 cm³/mol. The summed E-state index contributed by atoms with van der Waals surface area (Å²) in [6.07, 6.45) is 11.3. The molecule has 1 heterocycles. The molecule has 1 aromatic rings. The van der Waals surface area contributed by atoms with Crippen molar-refractivity contribution in [1.82, 2.24) is 10.1 Å². The molecule has 0 spiro atoms. The fraction of sp³-hybridized carbons (Fsp3) is 0.875. The highest BCUT2D eigenvalue weighted by Gasteiger charge is 2.40. The van der Waals surface area contributed by atoms with Gasteiger partial charge in [-0.15, -0.1) is 0 Å². The Morgan fingerprint density at radius 1 is 1.10 bits per heavy atom. The predicted octanol–water partition coefficient (Wildman–Crippen LogP) is 2.94. The zero-order valence-electron chi connectivity index (χ0n) is 13.1.